The first-order chi connectivity index (χ1) is 14.2. The molecule has 1 aliphatic heterocycles. The number of aromatic nitrogens is 1. The van der Waals surface area contributed by atoms with Gasteiger partial charge in [0.15, 0.2) is 6.61 Å². The third-order valence-corrected chi connectivity index (χ3v) is 5.08. The highest BCUT2D eigenvalue weighted by molar-refractivity contribution is 6.02. The summed E-state index contributed by atoms with van der Waals surface area (Å²) in [4.78, 5) is 49.5. The predicted octanol–water partition coefficient (Wildman–Crippen LogP) is 2.78. The number of ketones is 1. The molecular formula is C22H25N3O5. The molecule has 0 bridgehead atoms. The van der Waals surface area contributed by atoms with Crippen LogP contribution in [0.15, 0.2) is 30.3 Å². The zero-order valence-corrected chi connectivity index (χ0v) is 17.5. The molecule has 1 saturated heterocycles. The molecule has 8 heteroatoms. The number of benzene rings is 1. The van der Waals surface area contributed by atoms with E-state index in [1.54, 1.807) is 24.3 Å². The van der Waals surface area contributed by atoms with E-state index in [-0.39, 0.29) is 43.0 Å². The second-order valence-corrected chi connectivity index (χ2v) is 7.59. The molecule has 2 aromatic rings. The molecule has 0 saturated carbocycles. The lowest BCUT2D eigenvalue weighted by molar-refractivity contribution is -0.125. The predicted molar refractivity (Wildman–Crippen MR) is 109 cm³/mol. The standard InChI is InChI=1S/C22H25N3O5/c1-13(2)25-14(3)8-18(15(25)4)19(26)12-30-21(28)17-7-5-6-16(9-17)11-24-20(27)10-23-22(24)29/h5-9,13H,10-12H2,1-4H3,(H,23,29). The molecule has 1 aromatic carbocycles. The van der Waals surface area contributed by atoms with Gasteiger partial charge in [0.1, 0.15) is 0 Å². The van der Waals surface area contributed by atoms with Gasteiger partial charge in [-0.3, -0.25) is 14.5 Å². The van der Waals surface area contributed by atoms with Crippen LogP contribution in [-0.2, 0) is 16.1 Å². The summed E-state index contributed by atoms with van der Waals surface area (Å²) in [6.07, 6.45) is 0. The number of imide groups is 1. The van der Waals surface area contributed by atoms with Crippen LogP contribution in [0.5, 0.6) is 0 Å². The summed E-state index contributed by atoms with van der Waals surface area (Å²) in [5.41, 5.74) is 3.23. The molecule has 0 atom stereocenters. The van der Waals surface area contributed by atoms with Crippen LogP contribution >= 0.6 is 0 Å². The summed E-state index contributed by atoms with van der Waals surface area (Å²) in [6.45, 7) is 7.57. The summed E-state index contributed by atoms with van der Waals surface area (Å²) in [6, 6.07) is 8.04. The summed E-state index contributed by atoms with van der Waals surface area (Å²) < 4.78 is 7.28. The number of nitrogens with zero attached hydrogens (tertiary/aromatic N) is 2. The van der Waals surface area contributed by atoms with Gasteiger partial charge in [0, 0.05) is 23.0 Å². The van der Waals surface area contributed by atoms with E-state index in [9.17, 15) is 19.2 Å². The van der Waals surface area contributed by atoms with Crippen molar-refractivity contribution in [2.75, 3.05) is 13.2 Å². The van der Waals surface area contributed by atoms with E-state index < -0.39 is 12.0 Å². The Morgan fingerprint density at radius 3 is 2.50 bits per heavy atom. The minimum Gasteiger partial charge on any atom is -0.454 e. The van der Waals surface area contributed by atoms with Crippen molar-refractivity contribution in [2.45, 2.75) is 40.3 Å². The van der Waals surface area contributed by atoms with Crippen LogP contribution in [-0.4, -0.2) is 46.3 Å². The zero-order valence-electron chi connectivity index (χ0n) is 17.5. The average Bonchev–Trinajstić information content (AvgIpc) is 3.18. The number of carbonyl (C=O) groups excluding carboxylic acids is 4. The molecule has 0 spiro atoms. The fourth-order valence-electron chi connectivity index (χ4n) is 3.74. The molecule has 3 rings (SSSR count). The van der Waals surface area contributed by atoms with Crippen LogP contribution in [0.2, 0.25) is 0 Å². The van der Waals surface area contributed by atoms with Crippen molar-refractivity contribution in [1.29, 1.82) is 0 Å². The number of esters is 1. The minimum atomic E-state index is -0.639. The molecule has 1 fully saturated rings. The van der Waals surface area contributed by atoms with Gasteiger partial charge in [-0.25, -0.2) is 9.59 Å². The van der Waals surface area contributed by atoms with Gasteiger partial charge >= 0.3 is 12.0 Å². The summed E-state index contributed by atoms with van der Waals surface area (Å²) in [7, 11) is 0. The fraction of sp³-hybridized carbons (Fsp3) is 0.364. The lowest BCUT2D eigenvalue weighted by Gasteiger charge is -2.14. The summed E-state index contributed by atoms with van der Waals surface area (Å²) >= 11 is 0. The van der Waals surface area contributed by atoms with E-state index in [1.807, 2.05) is 33.8 Å². The van der Waals surface area contributed by atoms with Gasteiger partial charge in [-0.2, -0.15) is 0 Å². The lowest BCUT2D eigenvalue weighted by Crippen LogP contribution is -2.30. The lowest BCUT2D eigenvalue weighted by atomic mass is 10.1. The zero-order chi connectivity index (χ0) is 22.0. The van der Waals surface area contributed by atoms with E-state index in [2.05, 4.69) is 9.88 Å². The Morgan fingerprint density at radius 2 is 1.90 bits per heavy atom. The van der Waals surface area contributed by atoms with Gasteiger partial charge in [-0.05, 0) is 51.5 Å². The molecule has 1 aliphatic rings. The monoisotopic (exact) mass is 411 g/mol. The van der Waals surface area contributed by atoms with Gasteiger partial charge in [-0.1, -0.05) is 12.1 Å². The van der Waals surface area contributed by atoms with Crippen molar-refractivity contribution >= 4 is 23.7 Å². The van der Waals surface area contributed by atoms with Crippen molar-refractivity contribution in [3.63, 3.8) is 0 Å². The van der Waals surface area contributed by atoms with Gasteiger partial charge in [0.25, 0.3) is 0 Å². The number of ether oxygens (including phenoxy) is 1. The molecule has 3 amide bonds. The second kappa shape index (κ2) is 8.52. The first-order valence-electron chi connectivity index (χ1n) is 9.75. The van der Waals surface area contributed by atoms with Crippen molar-refractivity contribution in [1.82, 2.24) is 14.8 Å². The number of nitrogens with one attached hydrogen (secondary N) is 1. The highest BCUT2D eigenvalue weighted by Gasteiger charge is 2.28. The van der Waals surface area contributed by atoms with Crippen LogP contribution in [0.3, 0.4) is 0 Å². The van der Waals surface area contributed by atoms with Crippen LogP contribution in [0.4, 0.5) is 4.79 Å². The minimum absolute atomic E-state index is 0.0277. The van der Waals surface area contributed by atoms with Crippen LogP contribution in [0, 0.1) is 13.8 Å². The number of hydrogen-bond acceptors (Lipinski definition) is 5. The molecule has 2 heterocycles. The molecule has 158 valence electrons. The third kappa shape index (κ3) is 4.27. The molecule has 0 aliphatic carbocycles. The van der Waals surface area contributed by atoms with Gasteiger partial charge in [0.05, 0.1) is 18.7 Å². The Balaban J connectivity index is 1.65. The van der Waals surface area contributed by atoms with Gasteiger partial charge < -0.3 is 14.6 Å². The number of Topliss-reactive ketones (excluding diaryl/α,β-unsaturated/α-hetero) is 1. The van der Waals surface area contributed by atoms with E-state index in [0.717, 1.165) is 16.3 Å². The van der Waals surface area contributed by atoms with Crippen molar-refractivity contribution < 1.29 is 23.9 Å². The Bertz CT molecular complexity index is 1010. The quantitative estimate of drug-likeness (QED) is 0.429. The van der Waals surface area contributed by atoms with Crippen LogP contribution in [0.25, 0.3) is 0 Å². The number of carbonyl (C=O) groups is 4. The Kier molecular flexibility index (Phi) is 6.05. The van der Waals surface area contributed by atoms with Crippen LogP contribution in [0.1, 0.15) is 57.6 Å². The number of amides is 3. The second-order valence-electron chi connectivity index (χ2n) is 7.59. The van der Waals surface area contributed by atoms with E-state index >= 15 is 0 Å². The summed E-state index contributed by atoms with van der Waals surface area (Å²) in [5, 5.41) is 2.45. The summed E-state index contributed by atoms with van der Waals surface area (Å²) in [5.74, 6) is -1.23. The molecule has 1 N–H and O–H groups in total. The SMILES string of the molecule is Cc1cc(C(=O)COC(=O)c2cccc(CN3C(=O)CNC3=O)c2)c(C)n1C(C)C. The van der Waals surface area contributed by atoms with E-state index in [1.165, 1.54) is 0 Å². The maximum Gasteiger partial charge on any atom is 0.338 e. The smallest absolute Gasteiger partial charge is 0.338 e. The molecular weight excluding hydrogens is 386 g/mol. The van der Waals surface area contributed by atoms with E-state index in [4.69, 9.17) is 4.74 Å². The largest absolute Gasteiger partial charge is 0.454 e. The normalized spacial score (nSPS) is 13.7. The Hall–Kier alpha value is -3.42. The third-order valence-electron chi connectivity index (χ3n) is 5.08. The van der Waals surface area contributed by atoms with Gasteiger partial charge in [0.2, 0.25) is 11.7 Å². The molecule has 30 heavy (non-hydrogen) atoms. The van der Waals surface area contributed by atoms with Gasteiger partial charge in [-0.15, -0.1) is 0 Å². The first kappa shape index (κ1) is 21.3. The average molecular weight is 411 g/mol. The maximum atomic E-state index is 12.6. The highest BCUT2D eigenvalue weighted by atomic mass is 16.5. The number of urea groups is 1. The molecule has 8 nitrogen and oxygen atoms in total. The fourth-order valence-corrected chi connectivity index (χ4v) is 3.74. The molecule has 0 unspecified atom stereocenters. The Labute approximate surface area is 174 Å². The number of aryl methyl sites for hydroxylation is 1. The van der Waals surface area contributed by atoms with E-state index in [0.29, 0.717) is 11.1 Å². The molecule has 1 aromatic heterocycles. The van der Waals surface area contributed by atoms with Crippen molar-refractivity contribution in [3.8, 4) is 0 Å². The number of hydrogen-bond donors (Lipinski definition) is 1. The molecule has 0 radical (unpaired) electrons. The van der Waals surface area contributed by atoms with Crippen molar-refractivity contribution in [3.05, 3.63) is 58.4 Å². The maximum absolute atomic E-state index is 12.6. The van der Waals surface area contributed by atoms with Crippen molar-refractivity contribution in [2.24, 2.45) is 0 Å². The topological polar surface area (TPSA) is 97.7 Å². The highest BCUT2D eigenvalue weighted by Crippen LogP contribution is 2.21. The number of rotatable bonds is 7. The Morgan fingerprint density at radius 1 is 1.17 bits per heavy atom. The first-order valence-corrected chi connectivity index (χ1v) is 9.75. The van der Waals surface area contributed by atoms with Crippen LogP contribution < -0.4 is 5.32 Å².